The maximum atomic E-state index is 8.44. The van der Waals surface area contributed by atoms with Crippen LogP contribution in [0.25, 0.3) is 0 Å². The lowest BCUT2D eigenvalue weighted by atomic mass is 10.4. The summed E-state index contributed by atoms with van der Waals surface area (Å²) in [5.41, 5.74) is 0.859. The first-order chi connectivity index (χ1) is 4.84. The molecule has 0 unspecified atom stereocenters. The maximum absolute atomic E-state index is 8.44. The number of hydrogen-bond donors (Lipinski definition) is 0. The number of pyridine rings is 1. The van der Waals surface area contributed by atoms with Crippen LogP contribution in [-0.2, 0) is 0 Å². The van der Waals surface area contributed by atoms with E-state index >= 15 is 0 Å². The van der Waals surface area contributed by atoms with Gasteiger partial charge in [-0.15, -0.1) is 0 Å². The Labute approximate surface area is 59.5 Å². The minimum atomic E-state index is 0.859. The molecule has 0 aliphatic carbocycles. The molecule has 1 rings (SSSR count). The second-order valence-corrected chi connectivity index (χ2v) is 1.86. The third-order valence-corrected chi connectivity index (χ3v) is 1.20. The summed E-state index contributed by atoms with van der Waals surface area (Å²) in [6.45, 7) is 0. The molecule has 50 valence electrons. The molecule has 0 saturated heterocycles. The van der Waals surface area contributed by atoms with Crippen molar-refractivity contribution in [3.63, 3.8) is 0 Å². The van der Waals surface area contributed by atoms with Crippen molar-refractivity contribution in [3.8, 4) is 6.19 Å². The summed E-state index contributed by atoms with van der Waals surface area (Å²) in [4.78, 5) is 5.30. The van der Waals surface area contributed by atoms with E-state index < -0.39 is 0 Å². The van der Waals surface area contributed by atoms with Crippen LogP contribution in [0.4, 0.5) is 5.69 Å². The Morgan fingerprint density at radius 2 is 2.10 bits per heavy atom. The van der Waals surface area contributed by atoms with Gasteiger partial charge in [-0.2, -0.15) is 5.26 Å². The Balaban J connectivity index is 2.88. The summed E-state index contributed by atoms with van der Waals surface area (Å²) in [5.74, 6) is 0. The van der Waals surface area contributed by atoms with Gasteiger partial charge in [0.15, 0.2) is 6.19 Å². The number of rotatable bonds is 1. The van der Waals surface area contributed by atoms with E-state index in [1.165, 1.54) is 4.90 Å². The average molecular weight is 133 g/mol. The van der Waals surface area contributed by atoms with Gasteiger partial charge in [0.05, 0.1) is 5.69 Å². The van der Waals surface area contributed by atoms with Crippen molar-refractivity contribution in [2.75, 3.05) is 11.9 Å². The number of hydrogen-bond acceptors (Lipinski definition) is 3. The fourth-order valence-corrected chi connectivity index (χ4v) is 0.625. The highest BCUT2D eigenvalue weighted by molar-refractivity contribution is 5.47. The third-order valence-electron chi connectivity index (χ3n) is 1.20. The van der Waals surface area contributed by atoms with Gasteiger partial charge in [0.1, 0.15) is 0 Å². The molecule has 0 fully saturated rings. The van der Waals surface area contributed by atoms with Crippen molar-refractivity contribution in [2.24, 2.45) is 0 Å². The van der Waals surface area contributed by atoms with Crippen LogP contribution >= 0.6 is 0 Å². The summed E-state index contributed by atoms with van der Waals surface area (Å²) in [6.07, 6.45) is 5.30. The van der Waals surface area contributed by atoms with E-state index in [4.69, 9.17) is 5.26 Å². The van der Waals surface area contributed by atoms with Gasteiger partial charge in [-0.05, 0) is 12.1 Å². The summed E-state index contributed by atoms with van der Waals surface area (Å²) in [6, 6.07) is 3.56. The van der Waals surface area contributed by atoms with Gasteiger partial charge >= 0.3 is 0 Å². The third kappa shape index (κ3) is 1.23. The Morgan fingerprint density at radius 1 is 1.50 bits per heavy atom. The quantitative estimate of drug-likeness (QED) is 0.424. The highest BCUT2D eigenvalue weighted by Crippen LogP contribution is 2.07. The lowest BCUT2D eigenvalue weighted by molar-refractivity contribution is 1.18. The Morgan fingerprint density at radius 3 is 2.60 bits per heavy atom. The number of nitriles is 1. The molecule has 0 atom stereocenters. The van der Waals surface area contributed by atoms with Crippen molar-refractivity contribution in [2.45, 2.75) is 0 Å². The lowest BCUT2D eigenvalue weighted by Crippen LogP contribution is -2.07. The molecule has 0 spiro atoms. The Bertz CT molecular complexity index is 237. The van der Waals surface area contributed by atoms with E-state index in [9.17, 15) is 0 Å². The normalized spacial score (nSPS) is 8.40. The molecule has 1 aromatic rings. The first-order valence-corrected chi connectivity index (χ1v) is 2.88. The zero-order valence-electron chi connectivity index (χ0n) is 5.65. The van der Waals surface area contributed by atoms with Crippen molar-refractivity contribution in [1.82, 2.24) is 4.98 Å². The highest BCUT2D eigenvalue weighted by Gasteiger charge is 1.93. The van der Waals surface area contributed by atoms with Crippen LogP contribution in [0.5, 0.6) is 0 Å². The van der Waals surface area contributed by atoms with Crippen LogP contribution in [0.3, 0.4) is 0 Å². The molecule has 0 amide bonds. The molecule has 0 aliphatic rings. The molecular formula is C7H7N3. The standard InChI is InChI=1S/C7H7N3/c1-10(6-8)7-2-4-9-5-3-7/h2-5H,1H3. The van der Waals surface area contributed by atoms with E-state index in [-0.39, 0.29) is 0 Å². The summed E-state index contributed by atoms with van der Waals surface area (Å²) < 4.78 is 0. The van der Waals surface area contributed by atoms with Crippen LogP contribution in [0.15, 0.2) is 24.5 Å². The summed E-state index contributed by atoms with van der Waals surface area (Å²) >= 11 is 0. The molecule has 3 nitrogen and oxygen atoms in total. The van der Waals surface area contributed by atoms with Gasteiger partial charge in [-0.25, -0.2) is 0 Å². The van der Waals surface area contributed by atoms with Crippen LogP contribution in [-0.4, -0.2) is 12.0 Å². The minimum Gasteiger partial charge on any atom is -0.282 e. The number of anilines is 1. The summed E-state index contributed by atoms with van der Waals surface area (Å²) in [7, 11) is 1.70. The van der Waals surface area contributed by atoms with Gasteiger partial charge in [0, 0.05) is 19.4 Å². The first kappa shape index (κ1) is 6.56. The second kappa shape index (κ2) is 2.83. The molecule has 0 N–H and O–H groups in total. The largest absolute Gasteiger partial charge is 0.282 e. The van der Waals surface area contributed by atoms with Crippen molar-refractivity contribution >= 4 is 5.69 Å². The van der Waals surface area contributed by atoms with Gasteiger partial charge in [-0.1, -0.05) is 0 Å². The highest BCUT2D eigenvalue weighted by atomic mass is 15.1. The molecular weight excluding hydrogens is 126 g/mol. The monoisotopic (exact) mass is 133 g/mol. The molecule has 1 heterocycles. The topological polar surface area (TPSA) is 39.9 Å². The zero-order valence-corrected chi connectivity index (χ0v) is 5.65. The fourth-order valence-electron chi connectivity index (χ4n) is 0.625. The van der Waals surface area contributed by atoms with Crippen molar-refractivity contribution in [1.29, 1.82) is 5.26 Å². The molecule has 3 heteroatoms. The van der Waals surface area contributed by atoms with Crippen LogP contribution in [0.1, 0.15) is 0 Å². The van der Waals surface area contributed by atoms with Crippen molar-refractivity contribution in [3.05, 3.63) is 24.5 Å². The molecule has 0 radical (unpaired) electrons. The maximum Gasteiger partial charge on any atom is 0.183 e. The molecule has 1 aromatic heterocycles. The Kier molecular flexibility index (Phi) is 1.86. The molecule has 10 heavy (non-hydrogen) atoms. The average Bonchev–Trinajstić information content (AvgIpc) is 2.05. The van der Waals surface area contributed by atoms with E-state index in [0.29, 0.717) is 0 Å². The molecule has 0 aromatic carbocycles. The van der Waals surface area contributed by atoms with Gasteiger partial charge in [0.25, 0.3) is 0 Å². The number of nitrogens with zero attached hydrogens (tertiary/aromatic N) is 3. The van der Waals surface area contributed by atoms with E-state index in [1.54, 1.807) is 31.6 Å². The summed E-state index contributed by atoms with van der Waals surface area (Å²) in [5, 5.41) is 8.44. The van der Waals surface area contributed by atoms with Crippen LogP contribution in [0, 0.1) is 11.5 Å². The Hall–Kier alpha value is -1.56. The van der Waals surface area contributed by atoms with Crippen LogP contribution in [0.2, 0.25) is 0 Å². The van der Waals surface area contributed by atoms with Crippen LogP contribution < -0.4 is 4.90 Å². The molecule has 0 aliphatic heterocycles. The lowest BCUT2D eigenvalue weighted by Gasteiger charge is -2.05. The van der Waals surface area contributed by atoms with E-state index in [2.05, 4.69) is 4.98 Å². The predicted molar refractivity (Wildman–Crippen MR) is 38.3 cm³/mol. The first-order valence-electron chi connectivity index (χ1n) is 2.88. The zero-order chi connectivity index (χ0) is 7.40. The molecule has 0 saturated carbocycles. The second-order valence-electron chi connectivity index (χ2n) is 1.86. The SMILES string of the molecule is CN(C#N)c1ccncc1. The predicted octanol–water partition coefficient (Wildman–Crippen LogP) is 0.999. The molecule has 0 bridgehead atoms. The van der Waals surface area contributed by atoms with Gasteiger partial charge < -0.3 is 0 Å². The van der Waals surface area contributed by atoms with Gasteiger partial charge in [0.2, 0.25) is 0 Å². The smallest absolute Gasteiger partial charge is 0.183 e. The number of aromatic nitrogens is 1. The van der Waals surface area contributed by atoms with Crippen molar-refractivity contribution < 1.29 is 0 Å². The van der Waals surface area contributed by atoms with E-state index in [0.717, 1.165) is 5.69 Å². The van der Waals surface area contributed by atoms with Gasteiger partial charge in [-0.3, -0.25) is 9.88 Å². The fraction of sp³-hybridized carbons (Fsp3) is 0.143. The van der Waals surface area contributed by atoms with E-state index in [1.807, 2.05) is 6.19 Å². The minimum absolute atomic E-state index is 0.859.